The van der Waals surface area contributed by atoms with Gasteiger partial charge in [0, 0.05) is 17.5 Å². The maximum absolute atomic E-state index is 12.3. The van der Waals surface area contributed by atoms with Crippen molar-refractivity contribution in [2.24, 2.45) is 0 Å². The van der Waals surface area contributed by atoms with Crippen molar-refractivity contribution >= 4 is 33.0 Å². The minimum atomic E-state index is -3.36. The van der Waals surface area contributed by atoms with E-state index in [-0.39, 0.29) is 5.75 Å². The van der Waals surface area contributed by atoms with Crippen LogP contribution >= 0.6 is 22.9 Å². The molecular weight excluding hydrogens is 316 g/mol. The van der Waals surface area contributed by atoms with Crippen molar-refractivity contribution in [1.82, 2.24) is 9.29 Å². The number of aromatic nitrogens is 1. The molecule has 0 saturated heterocycles. The molecule has 2 aromatic rings. The molecule has 1 aromatic carbocycles. The van der Waals surface area contributed by atoms with Gasteiger partial charge in [-0.1, -0.05) is 23.7 Å². The number of aryl methyl sites for hydroxylation is 1. The molecule has 0 unspecified atom stereocenters. The summed E-state index contributed by atoms with van der Waals surface area (Å²) in [5, 5.41) is 3.41. The van der Waals surface area contributed by atoms with Gasteiger partial charge in [-0.2, -0.15) is 4.31 Å². The summed E-state index contributed by atoms with van der Waals surface area (Å²) >= 11 is 7.30. The molecule has 0 spiro atoms. The Morgan fingerprint density at radius 3 is 2.50 bits per heavy atom. The minimum Gasteiger partial charge on any atom is -0.245 e. The first-order chi connectivity index (χ1) is 9.37. The topological polar surface area (TPSA) is 50.3 Å². The second kappa shape index (κ2) is 6.22. The van der Waals surface area contributed by atoms with Gasteiger partial charge in [0.2, 0.25) is 10.0 Å². The SMILES string of the molecule is Cc1nc(CN(C)S(=O)(=O)Cc2ccc(Cl)cc2)cs1. The molecule has 0 aliphatic rings. The third-order valence-electron chi connectivity index (χ3n) is 2.79. The normalized spacial score (nSPS) is 12.0. The summed E-state index contributed by atoms with van der Waals surface area (Å²) in [6.07, 6.45) is 0. The number of hydrogen-bond acceptors (Lipinski definition) is 4. The van der Waals surface area contributed by atoms with Crippen molar-refractivity contribution < 1.29 is 8.42 Å². The summed E-state index contributed by atoms with van der Waals surface area (Å²) in [6, 6.07) is 6.83. The molecule has 0 fully saturated rings. The van der Waals surface area contributed by atoms with Crippen LogP contribution in [0.15, 0.2) is 29.6 Å². The van der Waals surface area contributed by atoms with E-state index in [1.807, 2.05) is 12.3 Å². The standard InChI is InChI=1S/C13H15ClN2O2S2/c1-10-15-13(8-19-10)7-16(2)20(17,18)9-11-3-5-12(14)6-4-11/h3-6,8H,7,9H2,1-2H3. The van der Waals surface area contributed by atoms with Gasteiger partial charge in [0.1, 0.15) is 0 Å². The van der Waals surface area contributed by atoms with Gasteiger partial charge in [-0.05, 0) is 24.6 Å². The molecule has 0 aliphatic heterocycles. The molecule has 0 N–H and O–H groups in total. The van der Waals surface area contributed by atoms with Gasteiger partial charge < -0.3 is 0 Å². The van der Waals surface area contributed by atoms with E-state index in [2.05, 4.69) is 4.98 Å². The zero-order chi connectivity index (χ0) is 14.8. The van der Waals surface area contributed by atoms with E-state index in [9.17, 15) is 8.42 Å². The molecule has 0 saturated carbocycles. The molecule has 1 heterocycles. The molecular formula is C13H15ClN2O2S2. The lowest BCUT2D eigenvalue weighted by Crippen LogP contribution is -2.27. The van der Waals surface area contributed by atoms with Crippen LogP contribution in [0.25, 0.3) is 0 Å². The molecule has 0 bridgehead atoms. The first-order valence-corrected chi connectivity index (χ1v) is 8.83. The summed E-state index contributed by atoms with van der Waals surface area (Å²) in [6.45, 7) is 2.19. The molecule has 1 aromatic heterocycles. The van der Waals surface area contributed by atoms with Crippen molar-refractivity contribution in [2.45, 2.75) is 19.2 Å². The predicted molar refractivity (Wildman–Crippen MR) is 82.4 cm³/mol. The van der Waals surface area contributed by atoms with Gasteiger partial charge in [0.25, 0.3) is 0 Å². The van der Waals surface area contributed by atoms with E-state index in [4.69, 9.17) is 11.6 Å². The molecule has 0 atom stereocenters. The number of rotatable bonds is 5. The van der Waals surface area contributed by atoms with Crippen molar-refractivity contribution in [3.05, 3.63) is 50.9 Å². The lowest BCUT2D eigenvalue weighted by Gasteiger charge is -2.16. The molecule has 2 rings (SSSR count). The Bertz CT molecular complexity index is 681. The first-order valence-electron chi connectivity index (χ1n) is 5.96. The summed E-state index contributed by atoms with van der Waals surface area (Å²) in [7, 11) is -1.79. The second-order valence-electron chi connectivity index (χ2n) is 4.50. The summed E-state index contributed by atoms with van der Waals surface area (Å²) in [4.78, 5) is 4.28. The van der Waals surface area contributed by atoms with Gasteiger partial charge in [0.05, 0.1) is 23.0 Å². The third kappa shape index (κ3) is 4.02. The zero-order valence-corrected chi connectivity index (χ0v) is 13.6. The van der Waals surface area contributed by atoms with Crippen molar-refractivity contribution in [3.63, 3.8) is 0 Å². The smallest absolute Gasteiger partial charge is 0.218 e. The van der Waals surface area contributed by atoms with Crippen LogP contribution in [0.1, 0.15) is 16.3 Å². The quantitative estimate of drug-likeness (QED) is 0.846. The van der Waals surface area contributed by atoms with Crippen molar-refractivity contribution in [2.75, 3.05) is 7.05 Å². The number of benzene rings is 1. The lowest BCUT2D eigenvalue weighted by atomic mass is 10.2. The average molecular weight is 331 g/mol. The maximum atomic E-state index is 12.3. The van der Waals surface area contributed by atoms with Crippen LogP contribution in [-0.2, 0) is 22.3 Å². The number of sulfonamides is 1. The van der Waals surface area contributed by atoms with E-state index < -0.39 is 10.0 Å². The maximum Gasteiger partial charge on any atom is 0.218 e. The molecule has 7 heteroatoms. The Morgan fingerprint density at radius 2 is 1.95 bits per heavy atom. The second-order valence-corrected chi connectivity index (χ2v) is 8.07. The molecule has 20 heavy (non-hydrogen) atoms. The van der Waals surface area contributed by atoms with Gasteiger partial charge in [0.15, 0.2) is 0 Å². The molecule has 108 valence electrons. The van der Waals surface area contributed by atoms with Crippen LogP contribution in [0.5, 0.6) is 0 Å². The van der Waals surface area contributed by atoms with Crippen LogP contribution in [0.3, 0.4) is 0 Å². The largest absolute Gasteiger partial charge is 0.245 e. The first kappa shape index (κ1) is 15.4. The van der Waals surface area contributed by atoms with Crippen LogP contribution < -0.4 is 0 Å². The molecule has 0 amide bonds. The molecule has 0 aliphatic carbocycles. The highest BCUT2D eigenvalue weighted by atomic mass is 35.5. The fourth-order valence-electron chi connectivity index (χ4n) is 1.71. The number of hydrogen-bond donors (Lipinski definition) is 0. The van der Waals surface area contributed by atoms with E-state index in [0.717, 1.165) is 16.3 Å². The summed E-state index contributed by atoms with van der Waals surface area (Å²) in [5.41, 5.74) is 1.49. The monoisotopic (exact) mass is 330 g/mol. The third-order valence-corrected chi connectivity index (χ3v) is 5.64. The Balaban J connectivity index is 2.07. The van der Waals surface area contributed by atoms with E-state index in [0.29, 0.717) is 11.6 Å². The fraction of sp³-hybridized carbons (Fsp3) is 0.308. The number of thiazole rings is 1. The van der Waals surface area contributed by atoms with Crippen LogP contribution in [0.4, 0.5) is 0 Å². The average Bonchev–Trinajstić information content (AvgIpc) is 2.77. The van der Waals surface area contributed by atoms with Crippen LogP contribution in [0, 0.1) is 6.92 Å². The summed E-state index contributed by atoms with van der Waals surface area (Å²) in [5.74, 6) is -0.0379. The molecule has 4 nitrogen and oxygen atoms in total. The zero-order valence-electron chi connectivity index (χ0n) is 11.2. The Kier molecular flexibility index (Phi) is 4.80. The highest BCUT2D eigenvalue weighted by Crippen LogP contribution is 2.16. The van der Waals surface area contributed by atoms with E-state index in [1.165, 1.54) is 15.6 Å². The minimum absolute atomic E-state index is 0.0379. The van der Waals surface area contributed by atoms with Gasteiger partial charge in [-0.15, -0.1) is 11.3 Å². The Morgan fingerprint density at radius 1 is 1.30 bits per heavy atom. The highest BCUT2D eigenvalue weighted by Gasteiger charge is 2.19. The van der Waals surface area contributed by atoms with E-state index >= 15 is 0 Å². The molecule has 0 radical (unpaired) electrons. The summed E-state index contributed by atoms with van der Waals surface area (Å²) < 4.78 is 25.9. The van der Waals surface area contributed by atoms with Crippen molar-refractivity contribution in [3.8, 4) is 0 Å². The van der Waals surface area contributed by atoms with Crippen LogP contribution in [0.2, 0.25) is 5.02 Å². The Labute approximate surface area is 128 Å². The van der Waals surface area contributed by atoms with Gasteiger partial charge >= 0.3 is 0 Å². The number of halogens is 1. The lowest BCUT2D eigenvalue weighted by molar-refractivity contribution is 0.462. The van der Waals surface area contributed by atoms with Gasteiger partial charge in [-0.25, -0.2) is 13.4 Å². The highest BCUT2D eigenvalue weighted by molar-refractivity contribution is 7.88. The van der Waals surface area contributed by atoms with Crippen LogP contribution in [-0.4, -0.2) is 24.8 Å². The van der Waals surface area contributed by atoms with Crippen molar-refractivity contribution in [1.29, 1.82) is 0 Å². The number of nitrogens with zero attached hydrogens (tertiary/aromatic N) is 2. The fourth-order valence-corrected chi connectivity index (χ4v) is 3.60. The predicted octanol–water partition coefficient (Wildman–Crippen LogP) is 3.07. The Hall–Kier alpha value is -0.950. The van der Waals surface area contributed by atoms with Gasteiger partial charge in [-0.3, -0.25) is 0 Å². The van der Waals surface area contributed by atoms with E-state index in [1.54, 1.807) is 31.3 Å².